The molecule has 0 atom stereocenters. The van der Waals surface area contributed by atoms with Crippen molar-refractivity contribution in [2.45, 2.75) is 12.1 Å². The molecule has 2 rings (SSSR count). The van der Waals surface area contributed by atoms with Crippen LogP contribution in [0.15, 0.2) is 29.4 Å². The van der Waals surface area contributed by atoms with Gasteiger partial charge < -0.3 is 4.74 Å². The monoisotopic (exact) mass is 260 g/mol. The second-order valence-corrected chi connectivity index (χ2v) is 4.60. The van der Waals surface area contributed by atoms with Gasteiger partial charge in [0.25, 0.3) is 0 Å². The van der Waals surface area contributed by atoms with Gasteiger partial charge in [0.05, 0.1) is 18.2 Å². The largest absolute Gasteiger partial charge is 0.493 e. The Labute approximate surface area is 109 Å². The molecule has 0 aliphatic heterocycles. The zero-order valence-electron chi connectivity index (χ0n) is 9.88. The number of thioether (sulfide) groups is 1. The van der Waals surface area contributed by atoms with Gasteiger partial charge in [0, 0.05) is 5.75 Å². The van der Waals surface area contributed by atoms with Crippen molar-refractivity contribution in [1.29, 1.82) is 5.26 Å². The molecule has 0 unspecified atom stereocenters. The summed E-state index contributed by atoms with van der Waals surface area (Å²) in [5.41, 5.74) is 0.632. The highest BCUT2D eigenvalue weighted by Crippen LogP contribution is 2.14. The lowest BCUT2D eigenvalue weighted by Crippen LogP contribution is -2.00. The quantitative estimate of drug-likeness (QED) is 0.658. The van der Waals surface area contributed by atoms with Crippen molar-refractivity contribution in [1.82, 2.24) is 15.2 Å². The lowest BCUT2D eigenvalue weighted by Gasteiger charge is -2.04. The fourth-order valence-corrected chi connectivity index (χ4v) is 1.97. The number of H-pyrrole nitrogens is 1. The van der Waals surface area contributed by atoms with Crippen LogP contribution in [0.5, 0.6) is 5.75 Å². The van der Waals surface area contributed by atoms with Crippen LogP contribution in [-0.4, -0.2) is 27.5 Å². The number of ether oxygens (including phenoxy) is 1. The van der Waals surface area contributed by atoms with Gasteiger partial charge in [0.1, 0.15) is 11.6 Å². The summed E-state index contributed by atoms with van der Waals surface area (Å²) < 4.78 is 5.54. The molecule has 1 N–H and O–H groups in total. The molecule has 0 fully saturated rings. The Kier molecular flexibility index (Phi) is 4.20. The van der Waals surface area contributed by atoms with Crippen molar-refractivity contribution in [3.8, 4) is 11.8 Å². The summed E-state index contributed by atoms with van der Waals surface area (Å²) in [7, 11) is 0. The average Bonchev–Trinajstić information content (AvgIpc) is 2.81. The minimum Gasteiger partial charge on any atom is -0.493 e. The van der Waals surface area contributed by atoms with Gasteiger partial charge in [-0.3, -0.25) is 5.10 Å². The van der Waals surface area contributed by atoms with Crippen LogP contribution in [0.3, 0.4) is 0 Å². The van der Waals surface area contributed by atoms with Crippen LogP contribution in [0.1, 0.15) is 11.4 Å². The first-order chi connectivity index (χ1) is 8.78. The van der Waals surface area contributed by atoms with Crippen LogP contribution >= 0.6 is 11.8 Å². The van der Waals surface area contributed by atoms with E-state index in [4.69, 9.17) is 10.00 Å². The van der Waals surface area contributed by atoms with E-state index in [9.17, 15) is 0 Å². The molecule has 0 spiro atoms. The second-order valence-electron chi connectivity index (χ2n) is 3.54. The van der Waals surface area contributed by atoms with Crippen molar-refractivity contribution < 1.29 is 4.74 Å². The SMILES string of the molecule is Cc1nc(SCCOc2ccc(C#N)cc2)n[nH]1. The molecule has 0 aliphatic rings. The number of nitriles is 1. The van der Waals surface area contributed by atoms with Gasteiger partial charge in [-0.25, -0.2) is 4.98 Å². The van der Waals surface area contributed by atoms with Crippen LogP contribution in [0.2, 0.25) is 0 Å². The minimum atomic E-state index is 0.574. The van der Waals surface area contributed by atoms with Crippen molar-refractivity contribution in [2.75, 3.05) is 12.4 Å². The predicted octanol–water partition coefficient (Wildman–Crippen LogP) is 2.16. The highest BCUT2D eigenvalue weighted by molar-refractivity contribution is 7.99. The van der Waals surface area contributed by atoms with E-state index < -0.39 is 0 Å². The summed E-state index contributed by atoms with van der Waals surface area (Å²) in [6, 6.07) is 9.12. The first-order valence-corrected chi connectivity index (χ1v) is 6.41. The van der Waals surface area contributed by atoms with Crippen LogP contribution in [-0.2, 0) is 0 Å². The highest BCUT2D eigenvalue weighted by Gasteiger charge is 2.00. The topological polar surface area (TPSA) is 74.6 Å². The molecule has 0 saturated carbocycles. The highest BCUT2D eigenvalue weighted by atomic mass is 32.2. The number of nitrogens with zero attached hydrogens (tertiary/aromatic N) is 3. The fraction of sp³-hybridized carbons (Fsp3) is 0.250. The standard InChI is InChI=1S/C12H12N4OS/c1-9-14-12(16-15-9)18-7-6-17-11-4-2-10(8-13)3-5-11/h2-5H,6-7H2,1H3,(H,14,15,16). The molecule has 6 heteroatoms. The molecule has 1 aromatic carbocycles. The molecule has 18 heavy (non-hydrogen) atoms. The van der Waals surface area contributed by atoms with E-state index in [0.717, 1.165) is 22.5 Å². The first-order valence-electron chi connectivity index (χ1n) is 5.42. The minimum absolute atomic E-state index is 0.574. The van der Waals surface area contributed by atoms with E-state index >= 15 is 0 Å². The van der Waals surface area contributed by atoms with Gasteiger partial charge >= 0.3 is 0 Å². The third-order valence-corrected chi connectivity index (χ3v) is 2.95. The molecular weight excluding hydrogens is 248 g/mol. The number of hydrogen-bond donors (Lipinski definition) is 1. The maximum Gasteiger partial charge on any atom is 0.208 e. The van der Waals surface area contributed by atoms with E-state index in [0.29, 0.717) is 12.2 Å². The number of hydrogen-bond acceptors (Lipinski definition) is 5. The van der Waals surface area contributed by atoms with Crippen molar-refractivity contribution in [3.05, 3.63) is 35.7 Å². The molecule has 5 nitrogen and oxygen atoms in total. The predicted molar refractivity (Wildman–Crippen MR) is 68.5 cm³/mol. The maximum atomic E-state index is 8.66. The van der Waals surface area contributed by atoms with Gasteiger partial charge in [0.2, 0.25) is 5.16 Å². The second kappa shape index (κ2) is 6.07. The number of aromatic amines is 1. The Morgan fingerprint density at radius 3 is 2.78 bits per heavy atom. The fourth-order valence-electron chi connectivity index (χ4n) is 1.30. The summed E-state index contributed by atoms with van der Waals surface area (Å²) in [5.74, 6) is 2.35. The van der Waals surface area contributed by atoms with Crippen molar-refractivity contribution in [2.24, 2.45) is 0 Å². The Morgan fingerprint density at radius 1 is 1.39 bits per heavy atom. The third kappa shape index (κ3) is 3.50. The molecule has 0 bridgehead atoms. The van der Waals surface area contributed by atoms with Crippen LogP contribution in [0.4, 0.5) is 0 Å². The number of aromatic nitrogens is 3. The third-order valence-electron chi connectivity index (χ3n) is 2.14. The van der Waals surface area contributed by atoms with E-state index in [1.54, 1.807) is 24.3 Å². The molecular formula is C12H12N4OS. The first kappa shape index (κ1) is 12.5. The lowest BCUT2D eigenvalue weighted by atomic mass is 10.2. The Morgan fingerprint density at radius 2 is 2.17 bits per heavy atom. The van der Waals surface area contributed by atoms with Gasteiger partial charge in [0.15, 0.2) is 0 Å². The summed E-state index contributed by atoms with van der Waals surface area (Å²) in [4.78, 5) is 4.18. The number of benzene rings is 1. The molecule has 92 valence electrons. The number of rotatable bonds is 5. The van der Waals surface area contributed by atoms with Crippen LogP contribution < -0.4 is 4.74 Å². The van der Waals surface area contributed by atoms with Gasteiger partial charge in [-0.05, 0) is 31.2 Å². The van der Waals surface area contributed by atoms with Gasteiger partial charge in [-0.2, -0.15) is 5.26 Å². The van der Waals surface area contributed by atoms with Crippen molar-refractivity contribution >= 4 is 11.8 Å². The lowest BCUT2D eigenvalue weighted by molar-refractivity contribution is 0.344. The average molecular weight is 260 g/mol. The van der Waals surface area contributed by atoms with Crippen molar-refractivity contribution in [3.63, 3.8) is 0 Å². The van der Waals surface area contributed by atoms with E-state index in [1.165, 1.54) is 11.8 Å². The Bertz CT molecular complexity index is 544. The molecule has 1 aromatic heterocycles. The van der Waals surface area contributed by atoms with Gasteiger partial charge in [-0.15, -0.1) is 5.10 Å². The smallest absolute Gasteiger partial charge is 0.208 e. The summed E-state index contributed by atoms with van der Waals surface area (Å²) in [5, 5.41) is 16.2. The van der Waals surface area contributed by atoms with Crippen LogP contribution in [0, 0.1) is 18.3 Å². The molecule has 1 heterocycles. The molecule has 0 aliphatic carbocycles. The number of aryl methyl sites for hydroxylation is 1. The molecule has 0 radical (unpaired) electrons. The Hall–Kier alpha value is -2.00. The maximum absolute atomic E-state index is 8.66. The molecule has 0 amide bonds. The summed E-state index contributed by atoms with van der Waals surface area (Å²) >= 11 is 1.54. The normalized spacial score (nSPS) is 10.0. The zero-order chi connectivity index (χ0) is 12.8. The molecule has 2 aromatic rings. The summed E-state index contributed by atoms with van der Waals surface area (Å²) in [6.45, 7) is 2.44. The Balaban J connectivity index is 1.73. The van der Waals surface area contributed by atoms with E-state index in [1.807, 2.05) is 6.92 Å². The van der Waals surface area contributed by atoms with Gasteiger partial charge in [-0.1, -0.05) is 11.8 Å². The van der Waals surface area contributed by atoms with E-state index in [2.05, 4.69) is 21.3 Å². The number of nitrogens with one attached hydrogen (secondary N) is 1. The molecule has 0 saturated heterocycles. The zero-order valence-corrected chi connectivity index (χ0v) is 10.7. The van der Waals surface area contributed by atoms with Crippen LogP contribution in [0.25, 0.3) is 0 Å². The van der Waals surface area contributed by atoms with E-state index in [-0.39, 0.29) is 0 Å². The summed E-state index contributed by atoms with van der Waals surface area (Å²) in [6.07, 6.45) is 0.